The van der Waals surface area contributed by atoms with Gasteiger partial charge in [-0.25, -0.2) is 0 Å². The maximum Gasteiger partial charge on any atom is 0.138 e. The molecule has 3 heteroatoms. The summed E-state index contributed by atoms with van der Waals surface area (Å²) < 4.78 is 1.10. The van der Waals surface area contributed by atoms with Crippen LogP contribution >= 0.6 is 27.3 Å². The summed E-state index contributed by atoms with van der Waals surface area (Å²) in [7, 11) is 0. The van der Waals surface area contributed by atoms with Gasteiger partial charge in [0.15, 0.2) is 0 Å². The highest BCUT2D eigenvalue weighted by atomic mass is 79.9. The van der Waals surface area contributed by atoms with E-state index in [9.17, 15) is 4.79 Å². The van der Waals surface area contributed by atoms with Gasteiger partial charge in [-0.05, 0) is 59.0 Å². The van der Waals surface area contributed by atoms with Crippen molar-refractivity contribution in [1.82, 2.24) is 0 Å². The lowest BCUT2D eigenvalue weighted by Gasteiger charge is -2.20. The predicted molar refractivity (Wildman–Crippen MR) is 74.3 cm³/mol. The molecular weight excluding hydrogens is 296 g/mol. The average Bonchev–Trinajstić information content (AvgIpc) is 2.95. The summed E-state index contributed by atoms with van der Waals surface area (Å²) in [4.78, 5) is 13.2. The molecule has 1 aromatic heterocycles. The van der Waals surface area contributed by atoms with Crippen LogP contribution in [0.5, 0.6) is 0 Å². The van der Waals surface area contributed by atoms with Crippen LogP contribution < -0.4 is 0 Å². The van der Waals surface area contributed by atoms with Crippen LogP contribution in [0.4, 0.5) is 0 Å². The molecule has 3 rings (SSSR count). The molecule has 0 spiro atoms. The van der Waals surface area contributed by atoms with Crippen molar-refractivity contribution in [3.05, 3.63) is 20.8 Å². The van der Waals surface area contributed by atoms with Gasteiger partial charge in [0.25, 0.3) is 0 Å². The van der Waals surface area contributed by atoms with Crippen molar-refractivity contribution in [3.8, 4) is 0 Å². The third-order valence-electron chi connectivity index (χ3n) is 4.37. The molecule has 1 aromatic rings. The number of Topliss-reactive ketones (excluding diaryl/α,β-unsaturated/α-hetero) is 1. The molecule has 0 aromatic carbocycles. The molecule has 2 saturated carbocycles. The number of halogens is 1. The van der Waals surface area contributed by atoms with E-state index in [0.29, 0.717) is 18.1 Å². The molecule has 0 aliphatic heterocycles. The molecule has 1 heterocycles. The van der Waals surface area contributed by atoms with E-state index in [1.807, 2.05) is 0 Å². The van der Waals surface area contributed by atoms with Gasteiger partial charge in [-0.15, -0.1) is 11.3 Å². The Bertz CT molecular complexity index is 426. The molecule has 0 N–H and O–H groups in total. The van der Waals surface area contributed by atoms with E-state index >= 15 is 0 Å². The van der Waals surface area contributed by atoms with Gasteiger partial charge in [-0.2, -0.15) is 0 Å². The quantitative estimate of drug-likeness (QED) is 0.802. The van der Waals surface area contributed by atoms with Gasteiger partial charge >= 0.3 is 0 Å². The summed E-state index contributed by atoms with van der Waals surface area (Å²) in [5, 5.41) is 2.06. The lowest BCUT2D eigenvalue weighted by molar-refractivity contribution is -0.119. The van der Waals surface area contributed by atoms with Crippen LogP contribution in [0.3, 0.4) is 0 Å². The lowest BCUT2D eigenvalue weighted by atomic mass is 9.85. The Morgan fingerprint density at radius 3 is 2.88 bits per heavy atom. The van der Waals surface area contributed by atoms with Crippen molar-refractivity contribution in [1.29, 1.82) is 0 Å². The zero-order valence-electron chi connectivity index (χ0n) is 9.82. The number of hydrogen-bond donors (Lipinski definition) is 0. The normalized spacial score (nSPS) is 31.0. The first kappa shape index (κ1) is 11.9. The Balaban J connectivity index is 1.54. The number of ketones is 1. The van der Waals surface area contributed by atoms with E-state index in [2.05, 4.69) is 27.4 Å². The Hall–Kier alpha value is -0.150. The van der Waals surface area contributed by atoms with Crippen molar-refractivity contribution in [2.75, 3.05) is 0 Å². The second-order valence-electron chi connectivity index (χ2n) is 5.59. The first-order valence-corrected chi connectivity index (χ1v) is 8.12. The van der Waals surface area contributed by atoms with Gasteiger partial charge in [0, 0.05) is 27.6 Å². The van der Waals surface area contributed by atoms with Crippen molar-refractivity contribution >= 4 is 33.0 Å². The third-order valence-corrected chi connectivity index (χ3v) is 6.07. The topological polar surface area (TPSA) is 17.1 Å². The lowest BCUT2D eigenvalue weighted by Crippen LogP contribution is -2.16. The SMILES string of the molecule is O=C(Cc1cc(Br)cs1)CC1CC2CCC1C2. The molecule has 2 aliphatic carbocycles. The minimum atomic E-state index is 0.442. The number of carbonyl (C=O) groups is 1. The number of fused-ring (bicyclic) bond motifs is 2. The summed E-state index contributed by atoms with van der Waals surface area (Å²) in [5.74, 6) is 2.98. The molecule has 2 fully saturated rings. The van der Waals surface area contributed by atoms with E-state index in [0.717, 1.165) is 22.7 Å². The van der Waals surface area contributed by atoms with Gasteiger partial charge in [0.1, 0.15) is 5.78 Å². The maximum absolute atomic E-state index is 12.0. The van der Waals surface area contributed by atoms with Gasteiger partial charge in [-0.1, -0.05) is 6.42 Å². The Morgan fingerprint density at radius 1 is 1.41 bits per heavy atom. The molecule has 17 heavy (non-hydrogen) atoms. The second kappa shape index (κ2) is 4.85. The summed E-state index contributed by atoms with van der Waals surface area (Å²) >= 11 is 5.12. The van der Waals surface area contributed by atoms with E-state index in [-0.39, 0.29) is 0 Å². The molecular formula is C14H17BrOS. The van der Waals surface area contributed by atoms with Gasteiger partial charge in [-0.3, -0.25) is 4.79 Å². The molecule has 0 saturated heterocycles. The highest BCUT2D eigenvalue weighted by Gasteiger charge is 2.39. The zero-order chi connectivity index (χ0) is 11.8. The highest BCUT2D eigenvalue weighted by molar-refractivity contribution is 9.10. The molecule has 2 bridgehead atoms. The Kier molecular flexibility index (Phi) is 3.40. The van der Waals surface area contributed by atoms with Crippen LogP contribution in [0, 0.1) is 17.8 Å². The standard InChI is InChI=1S/C14H17BrOS/c15-12-6-14(17-8-12)7-13(16)5-11-4-9-1-2-10(11)3-9/h6,8-11H,1-5,7H2. The fourth-order valence-electron chi connectivity index (χ4n) is 3.63. The van der Waals surface area contributed by atoms with Crippen molar-refractivity contribution in [3.63, 3.8) is 0 Å². The molecule has 3 atom stereocenters. The summed E-state index contributed by atoms with van der Waals surface area (Å²) in [5.41, 5.74) is 0. The molecule has 0 amide bonds. The van der Waals surface area contributed by atoms with Gasteiger partial charge < -0.3 is 0 Å². The smallest absolute Gasteiger partial charge is 0.138 e. The number of rotatable bonds is 4. The van der Waals surface area contributed by atoms with Crippen LogP contribution in [0.1, 0.15) is 37.0 Å². The predicted octanol–water partition coefficient (Wildman–Crippen LogP) is 4.45. The van der Waals surface area contributed by atoms with Crippen LogP contribution in [-0.4, -0.2) is 5.78 Å². The Morgan fingerprint density at radius 2 is 2.29 bits per heavy atom. The van der Waals surface area contributed by atoms with Gasteiger partial charge in [0.05, 0.1) is 0 Å². The molecule has 0 radical (unpaired) electrons. The molecule has 92 valence electrons. The number of carbonyl (C=O) groups excluding carboxylic acids is 1. The van der Waals surface area contributed by atoms with E-state index in [1.165, 1.54) is 30.6 Å². The first-order valence-electron chi connectivity index (χ1n) is 6.45. The second-order valence-corrected chi connectivity index (χ2v) is 7.50. The van der Waals surface area contributed by atoms with Crippen LogP contribution in [0.25, 0.3) is 0 Å². The van der Waals surface area contributed by atoms with E-state index in [1.54, 1.807) is 11.3 Å². The highest BCUT2D eigenvalue weighted by Crippen LogP contribution is 2.49. The third kappa shape index (κ3) is 2.65. The average molecular weight is 313 g/mol. The first-order chi connectivity index (χ1) is 8.20. The van der Waals surface area contributed by atoms with E-state index < -0.39 is 0 Å². The molecule has 1 nitrogen and oxygen atoms in total. The number of thiophene rings is 1. The van der Waals surface area contributed by atoms with Gasteiger partial charge in [0.2, 0.25) is 0 Å². The minimum Gasteiger partial charge on any atom is -0.299 e. The summed E-state index contributed by atoms with van der Waals surface area (Å²) in [6.07, 6.45) is 7.01. The van der Waals surface area contributed by atoms with Crippen molar-refractivity contribution in [2.45, 2.75) is 38.5 Å². The van der Waals surface area contributed by atoms with E-state index in [4.69, 9.17) is 0 Å². The van der Waals surface area contributed by atoms with Crippen LogP contribution in [0.15, 0.2) is 15.9 Å². The minimum absolute atomic E-state index is 0.442. The molecule has 2 aliphatic rings. The van der Waals surface area contributed by atoms with Crippen molar-refractivity contribution in [2.24, 2.45) is 17.8 Å². The molecule has 3 unspecified atom stereocenters. The largest absolute Gasteiger partial charge is 0.299 e. The zero-order valence-corrected chi connectivity index (χ0v) is 12.2. The van der Waals surface area contributed by atoms with Crippen molar-refractivity contribution < 1.29 is 4.79 Å². The summed E-state index contributed by atoms with van der Waals surface area (Å²) in [6, 6.07) is 2.07. The Labute approximate surface area is 115 Å². The van der Waals surface area contributed by atoms with Crippen LogP contribution in [-0.2, 0) is 11.2 Å². The fraction of sp³-hybridized carbons (Fsp3) is 0.643. The fourth-order valence-corrected chi connectivity index (χ4v) is 5.11. The maximum atomic E-state index is 12.0. The summed E-state index contributed by atoms with van der Waals surface area (Å²) in [6.45, 7) is 0. The van der Waals surface area contributed by atoms with Crippen LogP contribution in [0.2, 0.25) is 0 Å². The number of hydrogen-bond acceptors (Lipinski definition) is 2. The monoisotopic (exact) mass is 312 g/mol.